The molecule has 0 radical (unpaired) electrons. The Kier molecular flexibility index (Phi) is 2.90. The van der Waals surface area contributed by atoms with Crippen molar-refractivity contribution in [1.82, 2.24) is 9.97 Å². The number of hydrogen-bond acceptors (Lipinski definition) is 4. The third-order valence-electron chi connectivity index (χ3n) is 3.06. The number of nitrogens with zero attached hydrogens (tertiary/aromatic N) is 2. The average molecular weight is 290 g/mol. The number of nitrogens with two attached hydrogens (primary N) is 2. The van der Waals surface area contributed by atoms with E-state index in [0.717, 1.165) is 12.1 Å². The summed E-state index contributed by atoms with van der Waals surface area (Å²) in [6.45, 7) is 0. The first-order valence-electron chi connectivity index (χ1n) is 5.94. The summed E-state index contributed by atoms with van der Waals surface area (Å²) in [5, 5.41) is 0.400. The van der Waals surface area contributed by atoms with Gasteiger partial charge in [0.2, 0.25) is 5.95 Å². The Labute approximate surface area is 117 Å². The first-order valence-corrected chi connectivity index (χ1v) is 5.94. The van der Waals surface area contributed by atoms with Crippen LogP contribution in [0.5, 0.6) is 0 Å². The van der Waals surface area contributed by atoms with Crippen molar-refractivity contribution in [3.05, 3.63) is 47.8 Å². The van der Waals surface area contributed by atoms with Gasteiger partial charge >= 0.3 is 0 Å². The van der Waals surface area contributed by atoms with Gasteiger partial charge in [0.25, 0.3) is 0 Å². The van der Waals surface area contributed by atoms with Crippen LogP contribution in [0, 0.1) is 17.5 Å². The Bertz CT molecular complexity index is 841. The van der Waals surface area contributed by atoms with Crippen LogP contribution in [0.25, 0.3) is 22.0 Å². The van der Waals surface area contributed by atoms with E-state index in [4.69, 9.17) is 11.5 Å². The average Bonchev–Trinajstić information content (AvgIpc) is 2.43. The van der Waals surface area contributed by atoms with Crippen molar-refractivity contribution in [3.63, 3.8) is 0 Å². The SMILES string of the molecule is Nc1nc(N)c2c(-c3cc(F)c(F)c(F)c3)cccc2n1. The number of hydrogen-bond donors (Lipinski definition) is 2. The predicted octanol–water partition coefficient (Wildman–Crippen LogP) is 2.88. The van der Waals surface area contributed by atoms with Crippen molar-refractivity contribution in [2.24, 2.45) is 0 Å². The first kappa shape index (κ1) is 13.2. The van der Waals surface area contributed by atoms with E-state index >= 15 is 0 Å². The standard InChI is InChI=1S/C14H9F3N4/c15-8-4-6(5-9(16)12(8)17)7-2-1-3-10-11(7)13(18)21-14(19)20-10/h1-5H,(H4,18,19,20,21). The summed E-state index contributed by atoms with van der Waals surface area (Å²) in [5.41, 5.74) is 12.3. The molecule has 1 aromatic heterocycles. The van der Waals surface area contributed by atoms with Gasteiger partial charge in [0.1, 0.15) is 5.82 Å². The minimum Gasteiger partial charge on any atom is -0.383 e. The zero-order valence-corrected chi connectivity index (χ0v) is 10.6. The molecule has 0 aliphatic rings. The van der Waals surface area contributed by atoms with Gasteiger partial charge in [-0.15, -0.1) is 0 Å². The van der Waals surface area contributed by atoms with Crippen LogP contribution in [-0.4, -0.2) is 9.97 Å². The van der Waals surface area contributed by atoms with E-state index in [0.29, 0.717) is 16.5 Å². The highest BCUT2D eigenvalue weighted by atomic mass is 19.2. The summed E-state index contributed by atoms with van der Waals surface area (Å²) in [6, 6.07) is 6.64. The van der Waals surface area contributed by atoms with Crippen LogP contribution in [0.15, 0.2) is 30.3 Å². The quantitative estimate of drug-likeness (QED) is 0.675. The first-order chi connectivity index (χ1) is 9.97. The van der Waals surface area contributed by atoms with Crippen molar-refractivity contribution in [1.29, 1.82) is 0 Å². The molecule has 21 heavy (non-hydrogen) atoms. The Morgan fingerprint density at radius 2 is 1.57 bits per heavy atom. The number of rotatable bonds is 1. The molecule has 0 spiro atoms. The molecule has 0 saturated heterocycles. The van der Waals surface area contributed by atoms with E-state index in [9.17, 15) is 13.2 Å². The molecule has 106 valence electrons. The Morgan fingerprint density at radius 3 is 2.24 bits per heavy atom. The normalized spacial score (nSPS) is 11.0. The third-order valence-corrected chi connectivity index (χ3v) is 3.06. The summed E-state index contributed by atoms with van der Waals surface area (Å²) >= 11 is 0. The summed E-state index contributed by atoms with van der Waals surface area (Å²) < 4.78 is 39.8. The summed E-state index contributed by atoms with van der Waals surface area (Å²) in [4.78, 5) is 7.84. The fraction of sp³-hybridized carbons (Fsp3) is 0. The van der Waals surface area contributed by atoms with E-state index in [1.807, 2.05) is 0 Å². The van der Waals surface area contributed by atoms with Gasteiger partial charge in [-0.2, -0.15) is 4.98 Å². The van der Waals surface area contributed by atoms with Gasteiger partial charge in [0, 0.05) is 0 Å². The molecule has 0 unspecified atom stereocenters. The lowest BCUT2D eigenvalue weighted by Crippen LogP contribution is -2.01. The van der Waals surface area contributed by atoms with Crippen LogP contribution in [0.2, 0.25) is 0 Å². The largest absolute Gasteiger partial charge is 0.383 e. The Morgan fingerprint density at radius 1 is 0.905 bits per heavy atom. The van der Waals surface area contributed by atoms with Crippen molar-refractivity contribution >= 4 is 22.7 Å². The van der Waals surface area contributed by atoms with E-state index in [1.54, 1.807) is 18.2 Å². The monoisotopic (exact) mass is 290 g/mol. The molecule has 3 rings (SSSR count). The summed E-state index contributed by atoms with van der Waals surface area (Å²) in [7, 11) is 0. The molecule has 3 aromatic rings. The molecule has 0 amide bonds. The molecule has 1 heterocycles. The minimum atomic E-state index is -1.52. The number of nitrogen functional groups attached to an aromatic ring is 2. The molecule has 0 fully saturated rings. The number of anilines is 2. The molecule has 0 bridgehead atoms. The lowest BCUT2D eigenvalue weighted by atomic mass is 10.0. The van der Waals surface area contributed by atoms with E-state index < -0.39 is 17.5 Å². The zero-order chi connectivity index (χ0) is 15.1. The number of halogens is 3. The maximum Gasteiger partial charge on any atom is 0.222 e. The van der Waals surface area contributed by atoms with Gasteiger partial charge in [-0.3, -0.25) is 0 Å². The highest BCUT2D eigenvalue weighted by molar-refractivity contribution is 6.01. The number of benzene rings is 2. The van der Waals surface area contributed by atoms with E-state index in [2.05, 4.69) is 9.97 Å². The maximum absolute atomic E-state index is 13.4. The number of fused-ring (bicyclic) bond motifs is 1. The molecular formula is C14H9F3N4. The highest BCUT2D eigenvalue weighted by Crippen LogP contribution is 2.32. The molecule has 4 N–H and O–H groups in total. The molecule has 0 atom stereocenters. The van der Waals surface area contributed by atoms with Crippen molar-refractivity contribution in [3.8, 4) is 11.1 Å². The Balaban J connectivity index is 2.36. The van der Waals surface area contributed by atoms with Crippen LogP contribution >= 0.6 is 0 Å². The fourth-order valence-corrected chi connectivity index (χ4v) is 2.18. The second-order valence-electron chi connectivity index (χ2n) is 4.42. The molecule has 2 aromatic carbocycles. The topological polar surface area (TPSA) is 77.8 Å². The molecule has 4 nitrogen and oxygen atoms in total. The van der Waals surface area contributed by atoms with Crippen LogP contribution in [-0.2, 0) is 0 Å². The van der Waals surface area contributed by atoms with Gasteiger partial charge < -0.3 is 11.5 Å². The second kappa shape index (κ2) is 4.62. The van der Waals surface area contributed by atoms with Crippen LogP contribution in [0.4, 0.5) is 24.9 Å². The molecule has 0 aliphatic heterocycles. The smallest absolute Gasteiger partial charge is 0.222 e. The van der Waals surface area contributed by atoms with E-state index in [-0.39, 0.29) is 17.3 Å². The van der Waals surface area contributed by atoms with Crippen molar-refractivity contribution < 1.29 is 13.2 Å². The lowest BCUT2D eigenvalue weighted by molar-refractivity contribution is 0.448. The second-order valence-corrected chi connectivity index (χ2v) is 4.42. The number of aromatic nitrogens is 2. The van der Waals surface area contributed by atoms with Gasteiger partial charge in [-0.05, 0) is 29.3 Å². The van der Waals surface area contributed by atoms with Crippen molar-refractivity contribution in [2.45, 2.75) is 0 Å². The van der Waals surface area contributed by atoms with Crippen LogP contribution < -0.4 is 11.5 Å². The summed E-state index contributed by atoms with van der Waals surface area (Å²) in [5.74, 6) is -4.01. The fourth-order valence-electron chi connectivity index (χ4n) is 2.18. The van der Waals surface area contributed by atoms with Gasteiger partial charge in [-0.25, -0.2) is 18.2 Å². The maximum atomic E-state index is 13.4. The molecule has 0 saturated carbocycles. The minimum absolute atomic E-state index is 0.00591. The zero-order valence-electron chi connectivity index (χ0n) is 10.6. The third kappa shape index (κ3) is 2.12. The predicted molar refractivity (Wildman–Crippen MR) is 73.7 cm³/mol. The Hall–Kier alpha value is -2.83. The highest BCUT2D eigenvalue weighted by Gasteiger charge is 2.15. The lowest BCUT2D eigenvalue weighted by Gasteiger charge is -2.09. The van der Waals surface area contributed by atoms with E-state index in [1.165, 1.54) is 0 Å². The molecular weight excluding hydrogens is 281 g/mol. The van der Waals surface area contributed by atoms with Gasteiger partial charge in [-0.1, -0.05) is 12.1 Å². The molecule has 7 heteroatoms. The van der Waals surface area contributed by atoms with Crippen LogP contribution in [0.3, 0.4) is 0 Å². The van der Waals surface area contributed by atoms with Crippen LogP contribution in [0.1, 0.15) is 0 Å². The van der Waals surface area contributed by atoms with Gasteiger partial charge in [0.05, 0.1) is 10.9 Å². The summed E-state index contributed by atoms with van der Waals surface area (Å²) in [6.07, 6.45) is 0. The molecule has 0 aliphatic carbocycles. The van der Waals surface area contributed by atoms with Gasteiger partial charge in [0.15, 0.2) is 17.5 Å². The van der Waals surface area contributed by atoms with Crippen molar-refractivity contribution in [2.75, 3.05) is 11.5 Å².